The van der Waals surface area contributed by atoms with E-state index in [4.69, 9.17) is 9.81 Å². The number of aromatic nitrogens is 2. The van der Waals surface area contributed by atoms with E-state index < -0.39 is 10.4 Å². The van der Waals surface area contributed by atoms with E-state index in [1.807, 2.05) is 11.9 Å². The number of anilines is 5. The summed E-state index contributed by atoms with van der Waals surface area (Å²) in [5, 5.41) is 13.2. The Balaban J connectivity index is 0.00000115. The third kappa shape index (κ3) is 7.77. The minimum atomic E-state index is -4.69. The summed E-state index contributed by atoms with van der Waals surface area (Å²) in [4.78, 5) is 12.7. The van der Waals surface area contributed by atoms with Crippen molar-refractivity contribution in [1.82, 2.24) is 14.9 Å². The molecule has 2 heterocycles. The minimum Gasteiger partial charge on any atom is -0.367 e. The molecule has 1 fully saturated rings. The van der Waals surface area contributed by atoms with Crippen molar-refractivity contribution in [2.45, 2.75) is 6.92 Å². The van der Waals surface area contributed by atoms with Crippen LogP contribution in [0, 0.1) is 17.1 Å². The van der Waals surface area contributed by atoms with Crippen LogP contribution in [0.25, 0.3) is 0 Å². The molecule has 3 N–H and O–H groups in total. The number of nitrogens with zero attached hydrogens (tertiary/aromatic N) is 5. The molecule has 1 aliphatic rings. The third-order valence-corrected chi connectivity index (χ3v) is 5.44. The zero-order chi connectivity index (χ0) is 26.1. The van der Waals surface area contributed by atoms with Crippen LogP contribution in [-0.2, 0) is 10.4 Å². The van der Waals surface area contributed by atoms with Crippen LogP contribution in [0.4, 0.5) is 33.2 Å². The van der Waals surface area contributed by atoms with E-state index in [0.29, 0.717) is 17.2 Å². The van der Waals surface area contributed by atoms with Gasteiger partial charge in [0.25, 0.3) is 0 Å². The first-order chi connectivity index (χ1) is 17.2. The van der Waals surface area contributed by atoms with Gasteiger partial charge in [-0.05, 0) is 43.4 Å². The number of para-hydroxylation sites is 2. The first-order valence-electron chi connectivity index (χ1n) is 10.9. The number of piperazine rings is 1. The molecule has 11 nitrogen and oxygen atoms in total. The molecule has 1 saturated heterocycles. The summed E-state index contributed by atoms with van der Waals surface area (Å²) < 4.78 is 50.4. The normalized spacial score (nSPS) is 13.7. The Hall–Kier alpha value is -3.99. The topological polar surface area (TPSA) is 144 Å². The van der Waals surface area contributed by atoms with Crippen LogP contribution >= 0.6 is 0 Å². The lowest BCUT2D eigenvalue weighted by Gasteiger charge is -2.34. The lowest BCUT2D eigenvalue weighted by molar-refractivity contribution is 0.311. The van der Waals surface area contributed by atoms with E-state index in [2.05, 4.69) is 29.7 Å². The molecule has 1 aromatic heterocycles. The highest BCUT2D eigenvalue weighted by atomic mass is 32.3. The molecule has 0 radical (unpaired) electrons. The highest BCUT2D eigenvalue weighted by Gasteiger charge is 2.18. The zero-order valence-electron chi connectivity index (χ0n) is 19.7. The molecule has 0 amide bonds. The number of nitriles is 1. The number of likely N-dealkylation sites (N-methyl/N-ethyl adjacent to an activating group) is 1. The second-order valence-corrected chi connectivity index (χ2v) is 8.72. The van der Waals surface area contributed by atoms with Crippen molar-refractivity contribution in [3.8, 4) is 11.8 Å². The predicted octanol–water partition coefficient (Wildman–Crippen LogP) is 3.57. The first-order valence-corrected chi connectivity index (χ1v) is 12.2. The molecule has 36 heavy (non-hydrogen) atoms. The van der Waals surface area contributed by atoms with Gasteiger partial charge in [-0.3, -0.25) is 4.55 Å². The van der Waals surface area contributed by atoms with E-state index >= 15 is 0 Å². The van der Waals surface area contributed by atoms with Gasteiger partial charge in [-0.1, -0.05) is 12.1 Å². The maximum atomic E-state index is 14.7. The maximum absolute atomic E-state index is 14.7. The molecule has 3 aromatic rings. The standard InChI is InChI=1S/C21H23FN6O4S.C2H3N/c1-27-10-12-28(13-11-27)18-7-6-15(14-16(18)22)24-21-23-9-8-20(26-21)25-17-4-2-3-5-19(17)32-33(29,30)31;1-2-3/h2-9,14H,10-13H2,1H3,(H,29,30,31)(H2,23,24,25,26);1H3. The average molecular weight is 516 g/mol. The molecular weight excluding hydrogens is 489 g/mol. The van der Waals surface area contributed by atoms with Gasteiger partial charge in [-0.25, -0.2) is 9.37 Å². The Morgan fingerprint density at radius 3 is 2.47 bits per heavy atom. The SMILES string of the molecule is CC#N.CN1CCN(c2ccc(Nc3nccc(Nc4ccccc4OS(=O)(=O)O)n3)cc2F)CC1. The quantitative estimate of drug-likeness (QED) is 0.397. The van der Waals surface area contributed by atoms with Gasteiger partial charge in [0, 0.05) is 45.0 Å². The molecule has 0 spiro atoms. The minimum absolute atomic E-state index is 0.102. The molecule has 1 aliphatic heterocycles. The highest BCUT2D eigenvalue weighted by Crippen LogP contribution is 2.29. The van der Waals surface area contributed by atoms with Crippen LogP contribution in [0.2, 0.25) is 0 Å². The van der Waals surface area contributed by atoms with Crippen LogP contribution in [0.3, 0.4) is 0 Å². The Bertz CT molecular complexity index is 1330. The largest absolute Gasteiger partial charge is 0.446 e. The second kappa shape index (κ2) is 12.1. The summed E-state index contributed by atoms with van der Waals surface area (Å²) >= 11 is 0. The molecule has 0 atom stereocenters. The van der Waals surface area contributed by atoms with Crippen molar-refractivity contribution in [2.75, 3.05) is 48.8 Å². The van der Waals surface area contributed by atoms with Crippen molar-refractivity contribution in [3.05, 3.63) is 60.5 Å². The van der Waals surface area contributed by atoms with Gasteiger partial charge in [0.05, 0.1) is 17.4 Å². The highest BCUT2D eigenvalue weighted by molar-refractivity contribution is 7.81. The van der Waals surface area contributed by atoms with E-state index in [1.165, 1.54) is 25.3 Å². The Morgan fingerprint density at radius 1 is 1.11 bits per heavy atom. The number of nitrogens with one attached hydrogen (secondary N) is 2. The summed E-state index contributed by atoms with van der Waals surface area (Å²) in [5.41, 5.74) is 1.31. The zero-order valence-corrected chi connectivity index (χ0v) is 20.5. The number of rotatable bonds is 7. The number of benzene rings is 2. The summed E-state index contributed by atoms with van der Waals surface area (Å²) in [6.45, 7) is 4.72. The van der Waals surface area contributed by atoms with Gasteiger partial charge < -0.3 is 24.6 Å². The molecule has 13 heteroatoms. The molecular formula is C23H26FN7O4S. The fourth-order valence-electron chi connectivity index (χ4n) is 3.40. The molecule has 2 aromatic carbocycles. The molecule has 0 saturated carbocycles. The van der Waals surface area contributed by atoms with Gasteiger partial charge in [-0.15, -0.1) is 0 Å². The van der Waals surface area contributed by atoms with E-state index in [-0.39, 0.29) is 23.2 Å². The van der Waals surface area contributed by atoms with Gasteiger partial charge in [-0.2, -0.15) is 18.7 Å². The van der Waals surface area contributed by atoms with E-state index in [1.54, 1.807) is 42.5 Å². The fourth-order valence-corrected chi connectivity index (χ4v) is 3.77. The lowest BCUT2D eigenvalue weighted by Crippen LogP contribution is -2.44. The predicted molar refractivity (Wildman–Crippen MR) is 135 cm³/mol. The monoisotopic (exact) mass is 515 g/mol. The van der Waals surface area contributed by atoms with Crippen LogP contribution < -0.4 is 19.7 Å². The van der Waals surface area contributed by atoms with Crippen LogP contribution in [0.5, 0.6) is 5.75 Å². The molecule has 0 bridgehead atoms. The average Bonchev–Trinajstić information content (AvgIpc) is 2.81. The Labute approximate surface area is 209 Å². The van der Waals surface area contributed by atoms with Gasteiger partial charge >= 0.3 is 10.4 Å². The van der Waals surface area contributed by atoms with Crippen LogP contribution in [0.15, 0.2) is 54.7 Å². The van der Waals surface area contributed by atoms with Gasteiger partial charge in [0.2, 0.25) is 5.95 Å². The van der Waals surface area contributed by atoms with Crippen molar-refractivity contribution >= 4 is 39.2 Å². The summed E-state index contributed by atoms with van der Waals surface area (Å²) in [5.74, 6) is 0.0955. The smallest absolute Gasteiger partial charge is 0.367 e. The number of hydrogen-bond donors (Lipinski definition) is 3. The Kier molecular flexibility index (Phi) is 8.96. The van der Waals surface area contributed by atoms with Crippen LogP contribution in [-0.4, -0.2) is 61.1 Å². The summed E-state index contributed by atoms with van der Waals surface area (Å²) in [6, 6.07) is 14.3. The Morgan fingerprint density at radius 2 is 1.81 bits per heavy atom. The molecule has 0 aliphatic carbocycles. The molecule has 190 valence electrons. The number of halogens is 1. The molecule has 0 unspecified atom stereocenters. The summed E-state index contributed by atoms with van der Waals surface area (Å²) in [6.07, 6.45) is 1.49. The van der Waals surface area contributed by atoms with Crippen molar-refractivity contribution < 1.29 is 21.5 Å². The second-order valence-electron chi connectivity index (χ2n) is 7.70. The van der Waals surface area contributed by atoms with Crippen molar-refractivity contribution in [2.24, 2.45) is 0 Å². The first kappa shape index (κ1) is 26.6. The van der Waals surface area contributed by atoms with Gasteiger partial charge in [0.1, 0.15) is 11.6 Å². The summed E-state index contributed by atoms with van der Waals surface area (Å²) in [7, 11) is -2.64. The maximum Gasteiger partial charge on any atom is 0.446 e. The van der Waals surface area contributed by atoms with Crippen molar-refractivity contribution in [1.29, 1.82) is 5.26 Å². The van der Waals surface area contributed by atoms with Crippen LogP contribution in [0.1, 0.15) is 6.92 Å². The lowest BCUT2D eigenvalue weighted by atomic mass is 10.2. The van der Waals surface area contributed by atoms with E-state index in [0.717, 1.165) is 26.2 Å². The van der Waals surface area contributed by atoms with Gasteiger partial charge in [0.15, 0.2) is 5.75 Å². The third-order valence-electron chi connectivity index (χ3n) is 5.05. The fraction of sp³-hybridized carbons (Fsp3) is 0.261. The van der Waals surface area contributed by atoms with E-state index in [9.17, 15) is 12.8 Å². The number of hydrogen-bond acceptors (Lipinski definition) is 10. The van der Waals surface area contributed by atoms with Crippen molar-refractivity contribution in [3.63, 3.8) is 0 Å². The molecule has 4 rings (SSSR count).